The van der Waals surface area contributed by atoms with Gasteiger partial charge in [0.15, 0.2) is 0 Å². The van der Waals surface area contributed by atoms with Gasteiger partial charge in [-0.15, -0.1) is 0 Å². The van der Waals surface area contributed by atoms with Crippen LogP contribution in [0.5, 0.6) is 5.75 Å². The van der Waals surface area contributed by atoms with Gasteiger partial charge in [0.05, 0.1) is 12.8 Å². The number of hydrogen-bond donors (Lipinski definition) is 1. The zero-order valence-electron chi connectivity index (χ0n) is 9.00. The number of amides is 2. The third-order valence-corrected chi connectivity index (χ3v) is 3.19. The molecule has 1 fully saturated rings. The van der Waals surface area contributed by atoms with E-state index in [4.69, 9.17) is 4.74 Å². The summed E-state index contributed by atoms with van der Waals surface area (Å²) in [4.78, 5) is 13.4. The maximum absolute atomic E-state index is 11.7. The molecule has 86 valence electrons. The maximum atomic E-state index is 11.7. The van der Waals surface area contributed by atoms with E-state index in [9.17, 15) is 4.79 Å². The van der Waals surface area contributed by atoms with Gasteiger partial charge in [0.25, 0.3) is 0 Å². The van der Waals surface area contributed by atoms with Crippen LogP contribution in [0.2, 0.25) is 0 Å². The second-order valence-corrected chi connectivity index (χ2v) is 4.41. The fourth-order valence-corrected chi connectivity index (χ4v) is 2.15. The molecular formula is C11H13BrN2O2. The normalized spacial score (nSPS) is 15.9. The van der Waals surface area contributed by atoms with Crippen molar-refractivity contribution in [3.8, 4) is 5.75 Å². The van der Waals surface area contributed by atoms with E-state index >= 15 is 0 Å². The van der Waals surface area contributed by atoms with Crippen molar-refractivity contribution in [3.63, 3.8) is 0 Å². The Hall–Kier alpha value is -1.23. The van der Waals surface area contributed by atoms with Crippen LogP contribution in [0.15, 0.2) is 22.7 Å². The molecule has 0 aromatic heterocycles. The molecule has 16 heavy (non-hydrogen) atoms. The summed E-state index contributed by atoms with van der Waals surface area (Å²) in [7, 11) is 1.61. The summed E-state index contributed by atoms with van der Waals surface area (Å²) in [5.74, 6) is 0.747. The van der Waals surface area contributed by atoms with Gasteiger partial charge in [-0.2, -0.15) is 0 Å². The molecule has 1 aromatic rings. The van der Waals surface area contributed by atoms with Crippen LogP contribution in [-0.2, 0) is 0 Å². The fourth-order valence-electron chi connectivity index (χ4n) is 1.69. The van der Waals surface area contributed by atoms with E-state index in [1.165, 1.54) is 0 Å². The van der Waals surface area contributed by atoms with Crippen LogP contribution in [0.25, 0.3) is 0 Å². The molecule has 0 radical (unpaired) electrons. The number of methoxy groups -OCH3 is 1. The van der Waals surface area contributed by atoms with Crippen LogP contribution < -0.4 is 15.0 Å². The predicted octanol–water partition coefficient (Wildman–Crippen LogP) is 2.38. The van der Waals surface area contributed by atoms with Gasteiger partial charge in [-0.3, -0.25) is 4.90 Å². The lowest BCUT2D eigenvalue weighted by Crippen LogP contribution is -2.46. The van der Waals surface area contributed by atoms with E-state index < -0.39 is 0 Å². The summed E-state index contributed by atoms with van der Waals surface area (Å²) in [5.41, 5.74) is 0.844. The quantitative estimate of drug-likeness (QED) is 0.906. The number of urea groups is 1. The van der Waals surface area contributed by atoms with E-state index in [0.717, 1.165) is 35.4 Å². The van der Waals surface area contributed by atoms with E-state index in [-0.39, 0.29) is 6.03 Å². The first kappa shape index (κ1) is 11.3. The Morgan fingerprint density at radius 1 is 1.50 bits per heavy atom. The van der Waals surface area contributed by atoms with Crippen LogP contribution in [0.1, 0.15) is 6.42 Å². The molecule has 1 saturated heterocycles. The number of ether oxygens (including phenoxy) is 1. The van der Waals surface area contributed by atoms with Gasteiger partial charge in [0, 0.05) is 23.6 Å². The van der Waals surface area contributed by atoms with Crippen molar-refractivity contribution < 1.29 is 9.53 Å². The molecule has 1 aromatic carbocycles. The molecule has 1 aliphatic rings. The lowest BCUT2D eigenvalue weighted by molar-refractivity contribution is 0.243. The summed E-state index contributed by atoms with van der Waals surface area (Å²) in [6, 6.07) is 5.54. The minimum atomic E-state index is -0.0554. The van der Waals surface area contributed by atoms with Crippen LogP contribution >= 0.6 is 15.9 Å². The minimum Gasteiger partial charge on any atom is -0.497 e. The number of rotatable bonds is 2. The van der Waals surface area contributed by atoms with Crippen molar-refractivity contribution >= 4 is 27.6 Å². The zero-order valence-corrected chi connectivity index (χ0v) is 10.6. The Morgan fingerprint density at radius 3 is 3.00 bits per heavy atom. The third-order valence-electron chi connectivity index (χ3n) is 2.52. The summed E-state index contributed by atoms with van der Waals surface area (Å²) in [6.07, 6.45) is 0.954. The summed E-state index contributed by atoms with van der Waals surface area (Å²) >= 11 is 3.45. The van der Waals surface area contributed by atoms with Gasteiger partial charge in [0.1, 0.15) is 5.75 Å². The number of anilines is 1. The largest absolute Gasteiger partial charge is 0.497 e. The van der Waals surface area contributed by atoms with Crippen LogP contribution in [-0.4, -0.2) is 26.2 Å². The van der Waals surface area contributed by atoms with Gasteiger partial charge >= 0.3 is 6.03 Å². The number of hydrogen-bond acceptors (Lipinski definition) is 2. The molecule has 0 saturated carbocycles. The molecule has 0 spiro atoms. The molecule has 1 aliphatic heterocycles. The number of carbonyl (C=O) groups excluding carboxylic acids is 1. The topological polar surface area (TPSA) is 41.6 Å². The summed E-state index contributed by atoms with van der Waals surface area (Å²) in [6.45, 7) is 1.48. The number of halogens is 1. The molecule has 2 amide bonds. The van der Waals surface area contributed by atoms with Crippen molar-refractivity contribution in [3.05, 3.63) is 22.7 Å². The molecule has 1 heterocycles. The van der Waals surface area contributed by atoms with Gasteiger partial charge in [-0.25, -0.2) is 4.79 Å². The molecule has 4 nitrogen and oxygen atoms in total. The molecule has 0 atom stereocenters. The molecule has 0 aliphatic carbocycles. The summed E-state index contributed by atoms with van der Waals surface area (Å²) in [5, 5.41) is 2.82. The Labute approximate surface area is 103 Å². The van der Waals surface area contributed by atoms with Crippen molar-refractivity contribution in [2.45, 2.75) is 6.42 Å². The highest BCUT2D eigenvalue weighted by molar-refractivity contribution is 9.10. The lowest BCUT2D eigenvalue weighted by atomic mass is 10.2. The lowest BCUT2D eigenvalue weighted by Gasteiger charge is -2.28. The van der Waals surface area contributed by atoms with E-state index in [1.807, 2.05) is 18.2 Å². The molecule has 5 heteroatoms. The Balaban J connectivity index is 2.33. The predicted molar refractivity (Wildman–Crippen MR) is 66.1 cm³/mol. The highest BCUT2D eigenvalue weighted by atomic mass is 79.9. The molecule has 0 unspecified atom stereocenters. The van der Waals surface area contributed by atoms with Gasteiger partial charge in [-0.05, 0) is 34.5 Å². The Morgan fingerprint density at radius 2 is 2.31 bits per heavy atom. The fraction of sp³-hybridized carbons (Fsp3) is 0.364. The number of nitrogens with zero attached hydrogens (tertiary/aromatic N) is 1. The average molecular weight is 285 g/mol. The molecule has 1 N–H and O–H groups in total. The molecule has 2 rings (SSSR count). The highest BCUT2D eigenvalue weighted by Crippen LogP contribution is 2.31. The standard InChI is InChI=1S/C11H13BrN2O2/c1-16-8-3-4-9(12)10(7-8)14-6-2-5-13-11(14)15/h3-4,7H,2,5-6H2,1H3,(H,13,15). The van der Waals surface area contributed by atoms with Crippen LogP contribution in [0.4, 0.5) is 10.5 Å². The van der Waals surface area contributed by atoms with Gasteiger partial charge in [0.2, 0.25) is 0 Å². The highest BCUT2D eigenvalue weighted by Gasteiger charge is 2.21. The molecule has 0 bridgehead atoms. The van der Waals surface area contributed by atoms with E-state index in [0.29, 0.717) is 0 Å². The van der Waals surface area contributed by atoms with Gasteiger partial charge < -0.3 is 10.1 Å². The minimum absolute atomic E-state index is 0.0554. The maximum Gasteiger partial charge on any atom is 0.321 e. The first-order chi connectivity index (χ1) is 7.72. The summed E-state index contributed by atoms with van der Waals surface area (Å²) < 4.78 is 6.05. The van der Waals surface area contributed by atoms with Crippen LogP contribution in [0.3, 0.4) is 0 Å². The van der Waals surface area contributed by atoms with Gasteiger partial charge in [-0.1, -0.05) is 0 Å². The SMILES string of the molecule is COc1ccc(Br)c(N2CCCNC2=O)c1. The number of nitrogens with one attached hydrogen (secondary N) is 1. The zero-order chi connectivity index (χ0) is 11.5. The van der Waals surface area contributed by atoms with Crippen LogP contribution in [0, 0.1) is 0 Å². The smallest absolute Gasteiger partial charge is 0.321 e. The Kier molecular flexibility index (Phi) is 3.33. The van der Waals surface area contributed by atoms with Crippen molar-refractivity contribution in [2.24, 2.45) is 0 Å². The second kappa shape index (κ2) is 4.74. The van der Waals surface area contributed by atoms with E-state index in [1.54, 1.807) is 12.0 Å². The monoisotopic (exact) mass is 284 g/mol. The first-order valence-electron chi connectivity index (χ1n) is 5.11. The Bertz CT molecular complexity index is 409. The number of benzene rings is 1. The van der Waals surface area contributed by atoms with Crippen molar-refractivity contribution in [1.82, 2.24) is 5.32 Å². The average Bonchev–Trinajstić information content (AvgIpc) is 2.31. The van der Waals surface area contributed by atoms with E-state index in [2.05, 4.69) is 21.2 Å². The molecular weight excluding hydrogens is 272 g/mol. The van der Waals surface area contributed by atoms with Crippen molar-refractivity contribution in [2.75, 3.05) is 25.1 Å². The first-order valence-corrected chi connectivity index (χ1v) is 5.90. The second-order valence-electron chi connectivity index (χ2n) is 3.55. The van der Waals surface area contributed by atoms with Crippen molar-refractivity contribution in [1.29, 1.82) is 0 Å². The number of carbonyl (C=O) groups is 1. The third kappa shape index (κ3) is 2.14.